The van der Waals surface area contributed by atoms with Crippen LogP contribution in [0.1, 0.15) is 219 Å². The van der Waals surface area contributed by atoms with Crippen molar-refractivity contribution in [2.75, 3.05) is 47.5 Å². The summed E-state index contributed by atoms with van der Waals surface area (Å²) in [4.78, 5) is 37.6. The zero-order valence-electron chi connectivity index (χ0n) is 38.5. The molecule has 0 aliphatic rings. The quantitative estimate of drug-likeness (QED) is 0.0196. The predicted octanol–water partition coefficient (Wildman–Crippen LogP) is 13.3. The molecule has 0 fully saturated rings. The third-order valence-electron chi connectivity index (χ3n) is 10.4. The standard InChI is InChI=1S/C48H92NO8P/c1-6-8-10-12-14-16-18-20-22-24-26-28-30-32-34-36-38-40-47(50)54-44-46(45-56-58(52,53)55-43-42-49(3,4)5)57-48(51)41-39-37-35-33-31-29-27-25-23-21-19-17-15-13-11-9-7-2/h16-19,46H,6-15,20-45H2,1-5H3/b18-16+,19-17+/t46-/m1/s1. The smallest absolute Gasteiger partial charge is 0.306 e. The maximum absolute atomic E-state index is 12.7. The van der Waals surface area contributed by atoms with Gasteiger partial charge in [0, 0.05) is 12.8 Å². The van der Waals surface area contributed by atoms with E-state index in [0.717, 1.165) is 38.5 Å². The lowest BCUT2D eigenvalue weighted by Crippen LogP contribution is -2.37. The minimum Gasteiger partial charge on any atom is -0.756 e. The number of phosphoric acid groups is 1. The van der Waals surface area contributed by atoms with Crippen molar-refractivity contribution in [1.82, 2.24) is 0 Å². The molecule has 0 aromatic rings. The van der Waals surface area contributed by atoms with Crippen molar-refractivity contribution in [3.05, 3.63) is 24.3 Å². The van der Waals surface area contributed by atoms with Crippen molar-refractivity contribution >= 4 is 19.8 Å². The summed E-state index contributed by atoms with van der Waals surface area (Å²) in [7, 11) is 1.17. The Morgan fingerprint density at radius 2 is 0.879 bits per heavy atom. The van der Waals surface area contributed by atoms with Crippen molar-refractivity contribution in [2.45, 2.75) is 225 Å². The van der Waals surface area contributed by atoms with Gasteiger partial charge in [-0.15, -0.1) is 0 Å². The molecule has 0 heterocycles. The first-order valence-corrected chi connectivity index (χ1v) is 25.5. The first-order chi connectivity index (χ1) is 28.0. The summed E-state index contributed by atoms with van der Waals surface area (Å²) in [6.45, 7) is 4.22. The molecule has 0 saturated carbocycles. The van der Waals surface area contributed by atoms with Crippen LogP contribution in [0.3, 0.4) is 0 Å². The number of unbranched alkanes of at least 4 members (excludes halogenated alkanes) is 26. The second-order valence-corrected chi connectivity index (χ2v) is 18.9. The number of quaternary nitrogens is 1. The van der Waals surface area contributed by atoms with Crippen molar-refractivity contribution in [3.63, 3.8) is 0 Å². The Morgan fingerprint density at radius 3 is 1.28 bits per heavy atom. The van der Waals surface area contributed by atoms with Gasteiger partial charge in [-0.05, 0) is 64.2 Å². The van der Waals surface area contributed by atoms with E-state index in [4.69, 9.17) is 18.5 Å². The number of carbonyl (C=O) groups excluding carboxylic acids is 2. The van der Waals surface area contributed by atoms with E-state index in [9.17, 15) is 19.0 Å². The Kier molecular flexibility index (Phi) is 39.8. The topological polar surface area (TPSA) is 111 Å². The van der Waals surface area contributed by atoms with Crippen LogP contribution in [-0.4, -0.2) is 70.0 Å². The van der Waals surface area contributed by atoms with Crippen LogP contribution in [0, 0.1) is 0 Å². The van der Waals surface area contributed by atoms with Crippen LogP contribution in [0.15, 0.2) is 24.3 Å². The molecule has 0 spiro atoms. The molecule has 9 nitrogen and oxygen atoms in total. The number of esters is 2. The molecule has 0 aromatic heterocycles. The molecule has 10 heteroatoms. The molecule has 1 unspecified atom stereocenters. The van der Waals surface area contributed by atoms with Gasteiger partial charge in [-0.25, -0.2) is 0 Å². The van der Waals surface area contributed by atoms with E-state index in [2.05, 4.69) is 38.2 Å². The van der Waals surface area contributed by atoms with E-state index in [1.165, 1.54) is 148 Å². The van der Waals surface area contributed by atoms with Crippen LogP contribution in [0.5, 0.6) is 0 Å². The highest BCUT2D eigenvalue weighted by molar-refractivity contribution is 7.45. The summed E-state index contributed by atoms with van der Waals surface area (Å²) in [6.07, 6.45) is 44.8. The molecule has 0 radical (unpaired) electrons. The molecule has 0 aromatic carbocycles. The lowest BCUT2D eigenvalue weighted by molar-refractivity contribution is -0.870. The third-order valence-corrected chi connectivity index (χ3v) is 11.4. The zero-order chi connectivity index (χ0) is 42.8. The number of hydrogen-bond acceptors (Lipinski definition) is 8. The lowest BCUT2D eigenvalue weighted by atomic mass is 10.1. The molecule has 342 valence electrons. The number of ether oxygens (including phenoxy) is 2. The number of allylic oxidation sites excluding steroid dienone is 4. The number of rotatable bonds is 44. The molecule has 0 N–H and O–H groups in total. The maximum atomic E-state index is 12.7. The molecule has 2 atom stereocenters. The SMILES string of the molecule is CCCCCC/C=C/CCCCCCCCCCCC(=O)OC[C@H](COP(=O)([O-])OCC[N+](C)(C)C)OC(=O)CCCCCCCCCCC/C=C/CCCCCC. The highest BCUT2D eigenvalue weighted by Gasteiger charge is 2.21. The molecular weight excluding hydrogens is 750 g/mol. The summed E-state index contributed by atoms with van der Waals surface area (Å²) in [5, 5.41) is 0. The molecule has 0 aliphatic carbocycles. The van der Waals surface area contributed by atoms with E-state index >= 15 is 0 Å². The van der Waals surface area contributed by atoms with Gasteiger partial charge in [-0.2, -0.15) is 0 Å². The third kappa shape index (κ3) is 44.1. The van der Waals surface area contributed by atoms with E-state index in [1.54, 1.807) is 0 Å². The Balaban J connectivity index is 4.29. The summed E-state index contributed by atoms with van der Waals surface area (Å²) >= 11 is 0. The molecule has 0 amide bonds. The highest BCUT2D eigenvalue weighted by atomic mass is 31.2. The number of carbonyl (C=O) groups is 2. The molecule has 0 bridgehead atoms. The Hall–Kier alpha value is -1.51. The normalized spacial score (nSPS) is 13.7. The fourth-order valence-electron chi connectivity index (χ4n) is 6.64. The van der Waals surface area contributed by atoms with Crippen LogP contribution < -0.4 is 4.89 Å². The summed E-state index contributed by atoms with van der Waals surface area (Å²) in [5.41, 5.74) is 0. The zero-order valence-corrected chi connectivity index (χ0v) is 39.4. The van der Waals surface area contributed by atoms with Crippen LogP contribution >= 0.6 is 7.82 Å². The number of nitrogens with zero attached hydrogens (tertiary/aromatic N) is 1. The van der Waals surface area contributed by atoms with Gasteiger partial charge in [0.1, 0.15) is 19.8 Å². The van der Waals surface area contributed by atoms with Gasteiger partial charge in [-0.3, -0.25) is 14.2 Å². The van der Waals surface area contributed by atoms with Gasteiger partial charge in [0.2, 0.25) is 0 Å². The van der Waals surface area contributed by atoms with E-state index in [-0.39, 0.29) is 32.0 Å². The van der Waals surface area contributed by atoms with Gasteiger partial charge >= 0.3 is 11.9 Å². The van der Waals surface area contributed by atoms with Crippen LogP contribution in [0.4, 0.5) is 0 Å². The lowest BCUT2D eigenvalue weighted by Gasteiger charge is -2.28. The highest BCUT2D eigenvalue weighted by Crippen LogP contribution is 2.38. The number of hydrogen-bond donors (Lipinski definition) is 0. The Morgan fingerprint density at radius 1 is 0.517 bits per heavy atom. The number of likely N-dealkylation sites (N-methyl/N-ethyl adjacent to an activating group) is 1. The van der Waals surface area contributed by atoms with Gasteiger partial charge in [0.05, 0.1) is 27.7 Å². The predicted molar refractivity (Wildman–Crippen MR) is 241 cm³/mol. The molecule has 0 aliphatic heterocycles. The van der Waals surface area contributed by atoms with E-state index in [1.807, 2.05) is 21.1 Å². The van der Waals surface area contributed by atoms with Gasteiger partial charge < -0.3 is 27.9 Å². The van der Waals surface area contributed by atoms with Gasteiger partial charge in [-0.1, -0.05) is 167 Å². The monoisotopic (exact) mass is 842 g/mol. The summed E-state index contributed by atoms with van der Waals surface area (Å²) < 4.78 is 34.0. The average Bonchev–Trinajstić information content (AvgIpc) is 3.17. The average molecular weight is 842 g/mol. The maximum Gasteiger partial charge on any atom is 0.306 e. The second-order valence-electron chi connectivity index (χ2n) is 17.5. The van der Waals surface area contributed by atoms with E-state index < -0.39 is 26.5 Å². The Labute approximate surface area is 358 Å². The summed E-state index contributed by atoms with van der Waals surface area (Å²) in [6, 6.07) is 0. The van der Waals surface area contributed by atoms with Crippen LogP contribution in [0.25, 0.3) is 0 Å². The fourth-order valence-corrected chi connectivity index (χ4v) is 7.37. The minimum atomic E-state index is -4.62. The number of phosphoric ester groups is 1. The first kappa shape index (κ1) is 56.5. The molecule has 0 saturated heterocycles. The Bertz CT molecular complexity index is 1040. The van der Waals surface area contributed by atoms with Crippen molar-refractivity contribution in [3.8, 4) is 0 Å². The van der Waals surface area contributed by atoms with Crippen molar-refractivity contribution in [1.29, 1.82) is 0 Å². The molecular formula is C48H92NO8P. The van der Waals surface area contributed by atoms with Crippen molar-refractivity contribution in [2.24, 2.45) is 0 Å². The minimum absolute atomic E-state index is 0.0300. The van der Waals surface area contributed by atoms with Gasteiger partial charge in [0.25, 0.3) is 7.82 Å². The first-order valence-electron chi connectivity index (χ1n) is 24.0. The van der Waals surface area contributed by atoms with Crippen LogP contribution in [-0.2, 0) is 32.7 Å². The fraction of sp³-hybridized carbons (Fsp3) is 0.875. The molecule has 0 rings (SSSR count). The largest absolute Gasteiger partial charge is 0.756 e. The van der Waals surface area contributed by atoms with Gasteiger partial charge in [0.15, 0.2) is 6.10 Å². The van der Waals surface area contributed by atoms with E-state index in [0.29, 0.717) is 17.4 Å². The second kappa shape index (κ2) is 40.9. The van der Waals surface area contributed by atoms with Crippen molar-refractivity contribution < 1.29 is 42.1 Å². The summed E-state index contributed by atoms with van der Waals surface area (Å²) in [5.74, 6) is -0.832. The molecule has 58 heavy (non-hydrogen) atoms. The van der Waals surface area contributed by atoms with Crippen LogP contribution in [0.2, 0.25) is 0 Å².